The molecule has 0 aliphatic carbocycles. The van der Waals surface area contributed by atoms with Gasteiger partial charge in [0.15, 0.2) is 11.6 Å². The first-order valence-electron chi connectivity index (χ1n) is 6.48. The van der Waals surface area contributed by atoms with Crippen LogP contribution in [-0.2, 0) is 11.3 Å². The third-order valence-electron chi connectivity index (χ3n) is 2.66. The third-order valence-corrected chi connectivity index (χ3v) is 2.66. The van der Waals surface area contributed by atoms with Gasteiger partial charge in [-0.05, 0) is 30.0 Å². The van der Waals surface area contributed by atoms with Gasteiger partial charge in [0.25, 0.3) is 0 Å². The summed E-state index contributed by atoms with van der Waals surface area (Å²) in [5.74, 6) is -1.83. The van der Waals surface area contributed by atoms with Crippen LogP contribution in [-0.4, -0.2) is 12.3 Å². The third kappa shape index (κ3) is 6.97. The van der Waals surface area contributed by atoms with Gasteiger partial charge in [0, 0.05) is 13.0 Å². The summed E-state index contributed by atoms with van der Waals surface area (Å²) in [6.07, 6.45) is -3.90. The number of halogens is 4. The first-order valence-corrected chi connectivity index (χ1v) is 6.48. The minimum atomic E-state index is -4.96. The van der Waals surface area contributed by atoms with E-state index in [0.717, 1.165) is 18.6 Å². The van der Waals surface area contributed by atoms with Crippen molar-refractivity contribution >= 4 is 5.91 Å². The number of alkyl halides is 3. The normalized spacial score (nSPS) is 11.6. The molecule has 0 saturated carbocycles. The number of hydrogen-bond donors (Lipinski definition) is 1. The van der Waals surface area contributed by atoms with Gasteiger partial charge >= 0.3 is 6.36 Å². The zero-order chi connectivity index (χ0) is 16.0. The van der Waals surface area contributed by atoms with Crippen LogP contribution in [0.15, 0.2) is 18.2 Å². The lowest BCUT2D eigenvalue weighted by atomic mass is 10.1. The molecule has 0 saturated heterocycles. The van der Waals surface area contributed by atoms with Crippen molar-refractivity contribution in [1.82, 2.24) is 5.32 Å². The predicted molar refractivity (Wildman–Crippen MR) is 69.0 cm³/mol. The number of ether oxygens (including phenoxy) is 1. The van der Waals surface area contributed by atoms with Crippen LogP contribution in [0.5, 0.6) is 5.75 Å². The van der Waals surface area contributed by atoms with E-state index in [1.165, 1.54) is 6.07 Å². The molecule has 1 aromatic rings. The summed E-state index contributed by atoms with van der Waals surface area (Å²) in [6, 6.07) is 3.09. The number of nitrogens with one attached hydrogen (secondary N) is 1. The lowest BCUT2D eigenvalue weighted by Gasteiger charge is -2.12. The van der Waals surface area contributed by atoms with Gasteiger partial charge in [0.2, 0.25) is 5.91 Å². The van der Waals surface area contributed by atoms with Crippen molar-refractivity contribution in [2.45, 2.75) is 39.6 Å². The number of carbonyl (C=O) groups excluding carboxylic acids is 1. The summed E-state index contributed by atoms with van der Waals surface area (Å²) in [5.41, 5.74) is 0.327. The Labute approximate surface area is 120 Å². The Balaban J connectivity index is 2.60. The molecule has 1 amide bonds. The Kier molecular flexibility index (Phi) is 5.99. The molecule has 21 heavy (non-hydrogen) atoms. The fourth-order valence-electron chi connectivity index (χ4n) is 1.57. The molecular formula is C14H17F4NO2. The predicted octanol–water partition coefficient (Wildman–Crippen LogP) is 3.78. The van der Waals surface area contributed by atoms with Crippen molar-refractivity contribution in [2.75, 3.05) is 0 Å². The molecule has 0 heterocycles. The van der Waals surface area contributed by atoms with Gasteiger partial charge in [-0.1, -0.05) is 19.9 Å². The Hall–Kier alpha value is -1.79. The molecule has 1 aromatic carbocycles. The maximum Gasteiger partial charge on any atom is 0.573 e. The summed E-state index contributed by atoms with van der Waals surface area (Å²) in [6.45, 7) is 3.98. The van der Waals surface area contributed by atoms with E-state index in [1.54, 1.807) is 0 Å². The van der Waals surface area contributed by atoms with E-state index in [-0.39, 0.29) is 12.5 Å². The summed E-state index contributed by atoms with van der Waals surface area (Å²) in [5, 5.41) is 2.57. The zero-order valence-corrected chi connectivity index (χ0v) is 11.8. The minimum absolute atomic E-state index is 0.0193. The van der Waals surface area contributed by atoms with Gasteiger partial charge in [-0.25, -0.2) is 4.39 Å². The topological polar surface area (TPSA) is 38.3 Å². The van der Waals surface area contributed by atoms with Crippen molar-refractivity contribution < 1.29 is 27.1 Å². The van der Waals surface area contributed by atoms with E-state index in [0.29, 0.717) is 17.9 Å². The van der Waals surface area contributed by atoms with Gasteiger partial charge in [0.05, 0.1) is 0 Å². The van der Waals surface area contributed by atoms with Crippen LogP contribution < -0.4 is 10.1 Å². The molecule has 118 valence electrons. The maximum atomic E-state index is 13.2. The van der Waals surface area contributed by atoms with Crippen LogP contribution in [0.1, 0.15) is 32.3 Å². The fourth-order valence-corrected chi connectivity index (χ4v) is 1.57. The highest BCUT2D eigenvalue weighted by molar-refractivity contribution is 5.75. The second-order valence-electron chi connectivity index (χ2n) is 5.02. The van der Waals surface area contributed by atoms with E-state index < -0.39 is 17.9 Å². The first kappa shape index (κ1) is 17.3. The summed E-state index contributed by atoms with van der Waals surface area (Å²) >= 11 is 0. The summed E-state index contributed by atoms with van der Waals surface area (Å²) in [7, 11) is 0. The molecule has 3 nitrogen and oxygen atoms in total. The highest BCUT2D eigenvalue weighted by Gasteiger charge is 2.32. The second kappa shape index (κ2) is 7.28. The molecule has 1 rings (SSSR count). The Morgan fingerprint density at radius 2 is 2.00 bits per heavy atom. The highest BCUT2D eigenvalue weighted by atomic mass is 19.4. The van der Waals surface area contributed by atoms with Crippen molar-refractivity contribution in [3.05, 3.63) is 29.6 Å². The van der Waals surface area contributed by atoms with E-state index >= 15 is 0 Å². The minimum Gasteiger partial charge on any atom is -0.403 e. The van der Waals surface area contributed by atoms with E-state index in [1.807, 2.05) is 13.8 Å². The lowest BCUT2D eigenvalue weighted by molar-refractivity contribution is -0.275. The molecule has 0 unspecified atom stereocenters. The smallest absolute Gasteiger partial charge is 0.403 e. The molecule has 0 atom stereocenters. The van der Waals surface area contributed by atoms with Crippen LogP contribution in [0.2, 0.25) is 0 Å². The fraction of sp³-hybridized carbons (Fsp3) is 0.500. The average molecular weight is 307 g/mol. The lowest BCUT2D eigenvalue weighted by Crippen LogP contribution is -2.23. The van der Waals surface area contributed by atoms with Gasteiger partial charge in [0.1, 0.15) is 0 Å². The van der Waals surface area contributed by atoms with Gasteiger partial charge in [-0.3, -0.25) is 4.79 Å². The van der Waals surface area contributed by atoms with Gasteiger partial charge in [-0.2, -0.15) is 0 Å². The molecule has 0 spiro atoms. The van der Waals surface area contributed by atoms with Gasteiger partial charge in [-0.15, -0.1) is 13.2 Å². The van der Waals surface area contributed by atoms with E-state index in [2.05, 4.69) is 10.1 Å². The summed E-state index contributed by atoms with van der Waals surface area (Å²) in [4.78, 5) is 11.5. The van der Waals surface area contributed by atoms with Crippen molar-refractivity contribution in [2.24, 2.45) is 5.92 Å². The van der Waals surface area contributed by atoms with E-state index in [4.69, 9.17) is 0 Å². The molecule has 0 aromatic heterocycles. The SMILES string of the molecule is CC(C)CCC(=O)NCc1ccc(F)c(OC(F)(F)F)c1. The molecule has 7 heteroatoms. The quantitative estimate of drug-likeness (QED) is 0.812. The molecule has 1 N–H and O–H groups in total. The molecule has 0 bridgehead atoms. The number of carbonyl (C=O) groups is 1. The second-order valence-corrected chi connectivity index (χ2v) is 5.02. The Bertz CT molecular complexity index is 486. The molecule has 0 radical (unpaired) electrons. The Morgan fingerprint density at radius 3 is 2.57 bits per heavy atom. The largest absolute Gasteiger partial charge is 0.573 e. The molecule has 0 aliphatic rings. The number of amides is 1. The van der Waals surface area contributed by atoms with Crippen LogP contribution in [0.3, 0.4) is 0 Å². The zero-order valence-electron chi connectivity index (χ0n) is 11.8. The summed E-state index contributed by atoms with van der Waals surface area (Å²) < 4.78 is 53.0. The Morgan fingerprint density at radius 1 is 1.33 bits per heavy atom. The van der Waals surface area contributed by atoms with Crippen molar-refractivity contribution in [3.8, 4) is 5.75 Å². The molecule has 0 fully saturated rings. The van der Waals surface area contributed by atoms with Crippen LogP contribution in [0, 0.1) is 11.7 Å². The van der Waals surface area contributed by atoms with E-state index in [9.17, 15) is 22.4 Å². The molecule has 0 aliphatic heterocycles. The maximum absolute atomic E-state index is 13.2. The van der Waals surface area contributed by atoms with Crippen molar-refractivity contribution in [1.29, 1.82) is 0 Å². The van der Waals surface area contributed by atoms with Crippen LogP contribution in [0.25, 0.3) is 0 Å². The number of benzene rings is 1. The number of hydrogen-bond acceptors (Lipinski definition) is 2. The van der Waals surface area contributed by atoms with Crippen LogP contribution in [0.4, 0.5) is 17.6 Å². The standard InChI is InChI=1S/C14H17F4NO2/c1-9(2)3-6-13(20)19-8-10-4-5-11(15)12(7-10)21-14(16,17)18/h4-5,7,9H,3,6,8H2,1-2H3,(H,19,20). The molecular weight excluding hydrogens is 290 g/mol. The first-order chi connectivity index (χ1) is 9.67. The highest BCUT2D eigenvalue weighted by Crippen LogP contribution is 2.26. The van der Waals surface area contributed by atoms with Crippen LogP contribution >= 0.6 is 0 Å². The van der Waals surface area contributed by atoms with Gasteiger partial charge < -0.3 is 10.1 Å². The number of rotatable bonds is 6. The monoisotopic (exact) mass is 307 g/mol. The van der Waals surface area contributed by atoms with Crippen molar-refractivity contribution in [3.63, 3.8) is 0 Å². The average Bonchev–Trinajstić information content (AvgIpc) is 2.35.